The van der Waals surface area contributed by atoms with Crippen LogP contribution in [0.1, 0.15) is 39.0 Å². The maximum atomic E-state index is 12.8. The highest BCUT2D eigenvalue weighted by Gasteiger charge is 2.28. The molecule has 1 fully saturated rings. The molecule has 2 amide bonds. The predicted molar refractivity (Wildman–Crippen MR) is 114 cm³/mol. The van der Waals surface area contributed by atoms with Gasteiger partial charge in [-0.05, 0) is 62.2 Å². The molecule has 1 aliphatic rings. The summed E-state index contributed by atoms with van der Waals surface area (Å²) in [7, 11) is 3.12. The lowest BCUT2D eigenvalue weighted by Crippen LogP contribution is -2.46. The minimum atomic E-state index is -0.549. The summed E-state index contributed by atoms with van der Waals surface area (Å²) >= 11 is 1.66. The molecular formula is C21H32N2O4S. The van der Waals surface area contributed by atoms with Crippen molar-refractivity contribution >= 4 is 29.3 Å². The second-order valence-corrected chi connectivity index (χ2v) is 8.34. The maximum absolute atomic E-state index is 12.8. The molecule has 0 saturated heterocycles. The Bertz CT molecular complexity index is 660. The van der Waals surface area contributed by atoms with Crippen LogP contribution in [-0.4, -0.2) is 44.1 Å². The van der Waals surface area contributed by atoms with E-state index in [9.17, 15) is 9.59 Å². The molecule has 0 bridgehead atoms. The van der Waals surface area contributed by atoms with Crippen molar-refractivity contribution in [3.8, 4) is 11.5 Å². The Hall–Kier alpha value is -1.89. The number of benzene rings is 1. The first-order valence-corrected chi connectivity index (χ1v) is 11.2. The van der Waals surface area contributed by atoms with E-state index in [4.69, 9.17) is 9.47 Å². The van der Waals surface area contributed by atoms with E-state index >= 15 is 0 Å². The highest BCUT2D eigenvalue weighted by molar-refractivity contribution is 7.98. The van der Waals surface area contributed by atoms with Gasteiger partial charge in [0, 0.05) is 17.7 Å². The number of carbonyl (C=O) groups excluding carboxylic acids is 2. The average molecular weight is 409 g/mol. The summed E-state index contributed by atoms with van der Waals surface area (Å²) in [5.41, 5.74) is 0.609. The number of rotatable bonds is 9. The molecule has 28 heavy (non-hydrogen) atoms. The fourth-order valence-electron chi connectivity index (χ4n) is 3.46. The van der Waals surface area contributed by atoms with Crippen LogP contribution in [-0.2, 0) is 9.59 Å². The summed E-state index contributed by atoms with van der Waals surface area (Å²) in [6.45, 7) is 2.23. The van der Waals surface area contributed by atoms with Gasteiger partial charge in [0.15, 0.2) is 11.5 Å². The number of thioether (sulfide) groups is 1. The second-order valence-electron chi connectivity index (χ2n) is 7.36. The number of carbonyl (C=O) groups is 2. The number of amides is 2. The van der Waals surface area contributed by atoms with E-state index in [1.54, 1.807) is 44.2 Å². The summed E-state index contributed by atoms with van der Waals surface area (Å²) in [4.78, 5) is 25.5. The van der Waals surface area contributed by atoms with Gasteiger partial charge in [-0.15, -0.1) is 0 Å². The van der Waals surface area contributed by atoms with Gasteiger partial charge in [-0.2, -0.15) is 11.8 Å². The molecule has 0 heterocycles. The third-order valence-electron chi connectivity index (χ3n) is 5.28. The third kappa shape index (κ3) is 6.33. The number of nitrogens with one attached hydrogen (secondary N) is 2. The molecule has 1 unspecified atom stereocenters. The van der Waals surface area contributed by atoms with Crippen molar-refractivity contribution in [2.75, 3.05) is 31.5 Å². The van der Waals surface area contributed by atoms with Crippen LogP contribution in [0.2, 0.25) is 0 Å². The van der Waals surface area contributed by atoms with Crippen LogP contribution in [0.15, 0.2) is 18.2 Å². The molecule has 1 atom stereocenters. The SMILES string of the molecule is COc1ccc(NC(=O)C(CCSC)NC(=O)C2CCC(C)CC2)cc1OC. The molecule has 156 valence electrons. The zero-order valence-electron chi connectivity index (χ0n) is 17.2. The lowest BCUT2D eigenvalue weighted by atomic mass is 9.82. The maximum Gasteiger partial charge on any atom is 0.246 e. The predicted octanol–water partition coefficient (Wildman–Crippen LogP) is 3.71. The lowest BCUT2D eigenvalue weighted by molar-refractivity contribution is -0.130. The van der Waals surface area contributed by atoms with Crippen molar-refractivity contribution in [1.82, 2.24) is 5.32 Å². The van der Waals surface area contributed by atoms with Gasteiger partial charge in [-0.25, -0.2) is 0 Å². The number of ether oxygens (including phenoxy) is 2. The van der Waals surface area contributed by atoms with E-state index in [-0.39, 0.29) is 17.7 Å². The molecule has 0 aromatic heterocycles. The van der Waals surface area contributed by atoms with Crippen LogP contribution in [0.3, 0.4) is 0 Å². The molecule has 2 N–H and O–H groups in total. The fraction of sp³-hybridized carbons (Fsp3) is 0.619. The monoisotopic (exact) mass is 408 g/mol. The Kier molecular flexibility index (Phi) is 8.96. The molecule has 6 nitrogen and oxygen atoms in total. The van der Waals surface area contributed by atoms with Crippen molar-refractivity contribution in [2.45, 2.75) is 45.1 Å². The summed E-state index contributed by atoms with van der Waals surface area (Å²) < 4.78 is 10.5. The van der Waals surface area contributed by atoms with Gasteiger partial charge in [0.25, 0.3) is 0 Å². The number of hydrogen-bond acceptors (Lipinski definition) is 5. The molecule has 1 saturated carbocycles. The van der Waals surface area contributed by atoms with E-state index in [1.165, 1.54) is 0 Å². The topological polar surface area (TPSA) is 76.7 Å². The van der Waals surface area contributed by atoms with Gasteiger partial charge in [-0.3, -0.25) is 9.59 Å². The van der Waals surface area contributed by atoms with Crippen molar-refractivity contribution in [2.24, 2.45) is 11.8 Å². The summed E-state index contributed by atoms with van der Waals surface area (Å²) in [6, 6.07) is 4.67. The zero-order chi connectivity index (χ0) is 20.5. The molecule has 1 aromatic carbocycles. The normalized spacial score (nSPS) is 20.1. The third-order valence-corrected chi connectivity index (χ3v) is 5.93. The first-order valence-electron chi connectivity index (χ1n) is 9.80. The fourth-order valence-corrected chi connectivity index (χ4v) is 3.93. The second kappa shape index (κ2) is 11.2. The number of anilines is 1. The number of hydrogen-bond donors (Lipinski definition) is 2. The average Bonchev–Trinajstić information content (AvgIpc) is 2.71. The molecular weight excluding hydrogens is 376 g/mol. The minimum Gasteiger partial charge on any atom is -0.493 e. The first kappa shape index (κ1) is 22.4. The lowest BCUT2D eigenvalue weighted by Gasteiger charge is -2.27. The van der Waals surface area contributed by atoms with Crippen LogP contribution in [0.5, 0.6) is 11.5 Å². The molecule has 1 aromatic rings. The smallest absolute Gasteiger partial charge is 0.246 e. The molecule has 0 aliphatic heterocycles. The highest BCUT2D eigenvalue weighted by atomic mass is 32.2. The van der Waals surface area contributed by atoms with Crippen LogP contribution < -0.4 is 20.1 Å². The molecule has 1 aliphatic carbocycles. The molecule has 7 heteroatoms. The summed E-state index contributed by atoms with van der Waals surface area (Å²) in [5.74, 6) is 2.43. The van der Waals surface area contributed by atoms with Gasteiger partial charge < -0.3 is 20.1 Å². The number of methoxy groups -OCH3 is 2. The Morgan fingerprint density at radius 2 is 1.82 bits per heavy atom. The highest BCUT2D eigenvalue weighted by Crippen LogP contribution is 2.30. The van der Waals surface area contributed by atoms with Crippen molar-refractivity contribution in [3.05, 3.63) is 18.2 Å². The van der Waals surface area contributed by atoms with E-state index < -0.39 is 6.04 Å². The largest absolute Gasteiger partial charge is 0.493 e. The Balaban J connectivity index is 2.03. The zero-order valence-corrected chi connectivity index (χ0v) is 18.1. The van der Waals surface area contributed by atoms with E-state index in [2.05, 4.69) is 17.6 Å². The molecule has 0 radical (unpaired) electrons. The summed E-state index contributed by atoms with van der Waals surface area (Å²) in [6.07, 6.45) is 6.54. The van der Waals surface area contributed by atoms with Crippen molar-refractivity contribution < 1.29 is 19.1 Å². The van der Waals surface area contributed by atoms with Crippen LogP contribution in [0, 0.1) is 11.8 Å². The van der Waals surface area contributed by atoms with E-state index in [0.717, 1.165) is 31.4 Å². The Morgan fingerprint density at radius 3 is 2.43 bits per heavy atom. The van der Waals surface area contributed by atoms with Gasteiger partial charge >= 0.3 is 0 Å². The summed E-state index contributed by atoms with van der Waals surface area (Å²) in [5, 5.41) is 5.88. The Labute approximate surface area is 172 Å². The van der Waals surface area contributed by atoms with Crippen LogP contribution in [0.25, 0.3) is 0 Å². The molecule has 2 rings (SSSR count). The van der Waals surface area contributed by atoms with Gasteiger partial charge in [0.05, 0.1) is 14.2 Å². The molecule has 0 spiro atoms. The van der Waals surface area contributed by atoms with Gasteiger partial charge in [0.1, 0.15) is 6.04 Å². The van der Waals surface area contributed by atoms with Crippen LogP contribution in [0.4, 0.5) is 5.69 Å². The van der Waals surface area contributed by atoms with E-state index in [1.807, 2.05) is 6.26 Å². The van der Waals surface area contributed by atoms with Gasteiger partial charge in [-0.1, -0.05) is 6.92 Å². The standard InChI is InChI=1S/C21H32N2O4S/c1-14-5-7-15(8-6-14)20(24)23-17(11-12-28-4)21(25)22-16-9-10-18(26-2)19(13-16)27-3/h9-10,13-15,17H,5-8,11-12H2,1-4H3,(H,22,25)(H,23,24). The van der Waals surface area contributed by atoms with Crippen molar-refractivity contribution in [3.63, 3.8) is 0 Å². The van der Waals surface area contributed by atoms with E-state index in [0.29, 0.717) is 29.5 Å². The minimum absolute atomic E-state index is 0.000430. The first-order chi connectivity index (χ1) is 13.5. The van der Waals surface area contributed by atoms with Crippen LogP contribution >= 0.6 is 11.8 Å². The Morgan fingerprint density at radius 1 is 1.14 bits per heavy atom. The van der Waals surface area contributed by atoms with Crippen molar-refractivity contribution in [1.29, 1.82) is 0 Å². The quantitative estimate of drug-likeness (QED) is 0.651. The van der Waals surface area contributed by atoms with Gasteiger partial charge in [0.2, 0.25) is 11.8 Å².